The molecular formula is C109H145Cl3F22N2O3S2. The Morgan fingerprint density at radius 1 is 0.369 bits per heavy atom. The first-order chi connectivity index (χ1) is 62.4. The van der Waals surface area contributed by atoms with E-state index in [4.69, 9.17) is 34.8 Å². The van der Waals surface area contributed by atoms with Gasteiger partial charge in [-0.25, -0.2) is 12.8 Å². The van der Waals surface area contributed by atoms with Crippen molar-refractivity contribution in [1.29, 1.82) is 0 Å². The van der Waals surface area contributed by atoms with E-state index in [0.29, 0.717) is 47.9 Å². The molecule has 0 spiro atoms. The fourth-order valence-electron chi connectivity index (χ4n) is 13.3. The molecule has 141 heavy (non-hydrogen) atoms. The van der Waals surface area contributed by atoms with Crippen LogP contribution in [0.4, 0.5) is 96.6 Å². The van der Waals surface area contributed by atoms with Gasteiger partial charge in [0.2, 0.25) is 0 Å². The minimum Gasteiger partial charge on any atom is -0.406 e. The molecule has 2 unspecified atom stereocenters. The van der Waals surface area contributed by atoms with Crippen molar-refractivity contribution in [2.24, 2.45) is 55.8 Å². The van der Waals surface area contributed by atoms with Crippen molar-refractivity contribution in [3.63, 3.8) is 0 Å². The Morgan fingerprint density at radius 2 is 0.716 bits per heavy atom. The van der Waals surface area contributed by atoms with Gasteiger partial charge < -0.3 is 4.74 Å². The first-order valence-corrected chi connectivity index (χ1v) is 48.4. The molecule has 0 aliphatic heterocycles. The molecule has 0 saturated heterocycles. The Balaban J connectivity index is 0.00000157. The highest BCUT2D eigenvalue weighted by molar-refractivity contribution is 8.00. The number of thioether (sulfide) groups is 1. The van der Waals surface area contributed by atoms with E-state index in [1.165, 1.54) is 88.1 Å². The molecule has 796 valence electrons. The lowest BCUT2D eigenvalue weighted by molar-refractivity contribution is -0.274. The Bertz CT molecular complexity index is 5400. The number of hydrogen-bond donors (Lipinski definition) is 0. The van der Waals surface area contributed by atoms with Crippen LogP contribution in [0.5, 0.6) is 5.75 Å². The highest BCUT2D eigenvalue weighted by Gasteiger charge is 2.48. The molecule has 1 aromatic heterocycles. The van der Waals surface area contributed by atoms with Gasteiger partial charge in [-0.05, 0) is 248 Å². The molecule has 0 aliphatic carbocycles. The summed E-state index contributed by atoms with van der Waals surface area (Å²) in [5.41, 5.74) is -2.25. The number of nitrogens with zero attached hydrogens (tertiary/aromatic N) is 2. The van der Waals surface area contributed by atoms with Gasteiger partial charge in [0.25, 0.3) is 9.84 Å². The maximum absolute atomic E-state index is 12.9. The fourth-order valence-corrected chi connectivity index (χ4v) is 15.7. The summed E-state index contributed by atoms with van der Waals surface area (Å²) in [6, 6.07) is 45.1. The Hall–Kier alpha value is -7.60. The summed E-state index contributed by atoms with van der Waals surface area (Å²) in [7, 11) is -3.87. The molecule has 2 atom stereocenters. The number of alkyl halides is 21. The predicted molar refractivity (Wildman–Crippen MR) is 536 cm³/mol. The van der Waals surface area contributed by atoms with Crippen LogP contribution in [-0.2, 0) is 86.5 Å². The Labute approximate surface area is 843 Å². The topological polar surface area (TPSA) is 61.2 Å². The molecule has 5 nitrogen and oxygen atoms in total. The predicted octanol–water partition coefficient (Wildman–Crippen LogP) is 39.6. The van der Waals surface area contributed by atoms with Gasteiger partial charge in [-0.15, -0.1) is 13.2 Å². The number of ether oxygens (including phenoxy) is 1. The monoisotopic (exact) mass is 2120 g/mol. The van der Waals surface area contributed by atoms with Crippen LogP contribution in [-0.4, -0.2) is 35.6 Å². The number of sulfone groups is 1. The summed E-state index contributed by atoms with van der Waals surface area (Å²) in [5.74, 6) is -0.164. The third-order valence-electron chi connectivity index (χ3n) is 19.9. The average Bonchev–Trinajstić information content (AvgIpc) is 0.917. The number of benzene rings is 8. The highest BCUT2D eigenvalue weighted by Crippen LogP contribution is 2.45. The first-order valence-electron chi connectivity index (χ1n) is 45.0. The first kappa shape index (κ1) is 133. The van der Waals surface area contributed by atoms with Gasteiger partial charge in [0.1, 0.15) is 11.6 Å². The van der Waals surface area contributed by atoms with E-state index in [0.717, 1.165) is 77.4 Å². The minimum absolute atomic E-state index is 0. The van der Waals surface area contributed by atoms with Crippen LogP contribution in [0.1, 0.15) is 304 Å². The van der Waals surface area contributed by atoms with Crippen molar-refractivity contribution in [3.05, 3.63) is 281 Å². The molecule has 0 fully saturated rings. The molecule has 9 rings (SSSR count). The zero-order chi connectivity index (χ0) is 110. The lowest BCUT2D eigenvalue weighted by atomic mass is 9.77. The molecule has 1 heterocycles. The van der Waals surface area contributed by atoms with Crippen LogP contribution >= 0.6 is 46.6 Å². The van der Waals surface area contributed by atoms with Crippen LogP contribution in [0.15, 0.2) is 186 Å². The van der Waals surface area contributed by atoms with E-state index in [1.54, 1.807) is 49.5 Å². The van der Waals surface area contributed by atoms with E-state index in [2.05, 4.69) is 82.6 Å². The van der Waals surface area contributed by atoms with Crippen LogP contribution in [0.2, 0.25) is 15.1 Å². The van der Waals surface area contributed by atoms with Gasteiger partial charge >= 0.3 is 42.1 Å². The van der Waals surface area contributed by atoms with Gasteiger partial charge in [0.15, 0.2) is 5.69 Å². The normalized spacial score (nSPS) is 13.2. The van der Waals surface area contributed by atoms with E-state index in [9.17, 15) is 105 Å². The van der Waals surface area contributed by atoms with Crippen molar-refractivity contribution in [2.75, 3.05) is 0 Å². The zero-order valence-electron chi connectivity index (χ0n) is 86.2. The molecule has 0 bridgehead atoms. The summed E-state index contributed by atoms with van der Waals surface area (Å²) in [6.45, 7) is 63.2. The summed E-state index contributed by atoms with van der Waals surface area (Å²) in [6.07, 6.45) is -16.6. The van der Waals surface area contributed by atoms with Gasteiger partial charge in [0, 0.05) is 23.6 Å². The quantitative estimate of drug-likeness (QED) is 0.0901. The maximum atomic E-state index is 12.9. The molecule has 0 N–H and O–H groups in total. The van der Waals surface area contributed by atoms with Crippen molar-refractivity contribution in [1.82, 2.24) is 9.78 Å². The van der Waals surface area contributed by atoms with Crippen LogP contribution < -0.4 is 4.74 Å². The summed E-state index contributed by atoms with van der Waals surface area (Å²) in [4.78, 5) is -0.815. The smallest absolute Gasteiger partial charge is 0.406 e. The summed E-state index contributed by atoms with van der Waals surface area (Å²) < 4.78 is 301. The third-order valence-corrected chi connectivity index (χ3v) is 23.5. The number of aromatic nitrogens is 2. The maximum Gasteiger partial charge on any atom is 0.573 e. The second-order valence-corrected chi connectivity index (χ2v) is 49.6. The highest BCUT2D eigenvalue weighted by atomic mass is 35.5. The molecule has 0 radical (unpaired) electrons. The number of aryl methyl sites for hydroxylation is 3. The van der Waals surface area contributed by atoms with Crippen molar-refractivity contribution in [3.8, 4) is 5.75 Å². The van der Waals surface area contributed by atoms with Gasteiger partial charge in [-0.1, -0.05) is 352 Å². The van der Waals surface area contributed by atoms with Crippen LogP contribution in [0.25, 0.3) is 0 Å². The lowest BCUT2D eigenvalue weighted by Gasteiger charge is -2.28. The van der Waals surface area contributed by atoms with E-state index >= 15 is 0 Å². The molecule has 0 saturated carbocycles. The Kier molecular flexibility index (Phi) is 49.8. The van der Waals surface area contributed by atoms with Gasteiger partial charge in [0.05, 0.1) is 36.7 Å². The largest absolute Gasteiger partial charge is 0.573 e. The standard InChI is InChI=1S/C13H17F3.C12H14ClF3O2S.C12H14ClF3S.C12H14ClF3.C12H15F3O.C12H15F3.C12H17F.C12H18.C11H17F3N2.CH4/c1-9(12(2,3)4)10-6-5-7-11(8-10)13(14,15)16;1-11(2,3)7-8-4-5-9(13)10(6-8)19(17,18)12(14,15)16;1-11(2,3)7-8-4-5-9(13)10(6-8)17-12(14,15)16;1-11(2,3)7-8-4-5-10(13)9(6-8)12(14,15)16;1-11(2,3)8-9-5-4-6-10(7-9)16-12(13,14)15;1-11(2,3)8-9-5-4-6-10(7-9)12(13,14)15;1-9-7-10(5-6-11(9)13)8-12(2,3)4;1-10-6-5-7-11(8-10)9-12(2,3)4;1-7(10(2,3)4)8-6-9(11(12,13)14)15-16(8)5;/h5-9H,1-4H3;4-6H,7H2,1-3H3;4-6H,7H2,1-3H3;4-6H,7H2,1-3H3;4-7H,8H2,1-3H3;4-7H,8H2,1-3H3;5-7H,8H2,1-4H3;5-8H,9H2,1-4H3;6-7H,1-5H3;1H4. The molecule has 0 aliphatic rings. The molecule has 32 heteroatoms. The molecular weight excluding hydrogens is 1970 g/mol. The number of halogens is 25. The van der Waals surface area contributed by atoms with Crippen LogP contribution in [0.3, 0.4) is 0 Å². The lowest BCUT2D eigenvalue weighted by Crippen LogP contribution is -2.24. The fraction of sp³-hybridized carbons (Fsp3) is 0.532. The molecule has 8 aromatic carbocycles. The minimum atomic E-state index is -5.42. The van der Waals surface area contributed by atoms with E-state index < -0.39 is 84.2 Å². The summed E-state index contributed by atoms with van der Waals surface area (Å²) in [5, 5.41) is 2.99. The number of rotatable bonds is 12. The second kappa shape index (κ2) is 52.6. The number of hydrogen-bond acceptors (Lipinski definition) is 5. The second-order valence-electron chi connectivity index (χ2n) is 45.3. The van der Waals surface area contributed by atoms with Crippen molar-refractivity contribution in [2.45, 2.75) is 331 Å². The average molecular weight is 2120 g/mol. The Morgan fingerprint density at radius 3 is 1.08 bits per heavy atom. The van der Waals surface area contributed by atoms with Crippen molar-refractivity contribution < 1.29 is 110 Å². The zero-order valence-corrected chi connectivity index (χ0v) is 90.1. The SMILES string of the molecule is C.CC(C)(C)Cc1ccc(Cl)c(C(F)(F)F)c1.CC(C)(C)Cc1ccc(Cl)c(S(=O)(=O)C(F)(F)F)c1.CC(C)(C)Cc1ccc(Cl)c(SC(F)(F)F)c1.CC(C)(C)Cc1cccc(C(F)(F)F)c1.CC(C)(C)Cc1cccc(OC(F)(F)F)c1.CC(c1cc(C(F)(F)F)nn1C)C(C)(C)C.CC(c1cccc(C(F)(F)F)c1)C(C)(C)C.Cc1cc(CC(C)(C)C)ccc1F.Cc1cccc(CC(C)(C)C)c1. The summed E-state index contributed by atoms with van der Waals surface area (Å²) >= 11 is 16.7. The van der Waals surface area contributed by atoms with E-state index in [-0.39, 0.29) is 101 Å². The molecule has 0 amide bonds. The van der Waals surface area contributed by atoms with Crippen molar-refractivity contribution >= 4 is 56.4 Å². The van der Waals surface area contributed by atoms with Gasteiger partial charge in [-0.3, -0.25) is 4.68 Å². The van der Waals surface area contributed by atoms with Crippen LogP contribution in [0, 0.1) is 68.4 Å². The third kappa shape index (κ3) is 56.1. The molecule has 9 aromatic rings. The van der Waals surface area contributed by atoms with Gasteiger partial charge in [-0.2, -0.15) is 84.1 Å². The van der Waals surface area contributed by atoms with E-state index in [1.807, 2.05) is 178 Å².